The second-order valence-corrected chi connectivity index (χ2v) is 5.98. The molecule has 1 heterocycles. The molecule has 0 spiro atoms. The third-order valence-corrected chi connectivity index (χ3v) is 4.82. The maximum Gasteiger partial charge on any atom is 0.253 e. The third kappa shape index (κ3) is 3.61. The van der Waals surface area contributed by atoms with Crippen LogP contribution in [0.3, 0.4) is 0 Å². The Hall–Kier alpha value is -0.870. The van der Waals surface area contributed by atoms with Crippen molar-refractivity contribution < 1.29 is 4.79 Å². The number of alkyl halides is 1. The zero-order valence-electron chi connectivity index (χ0n) is 12.3. The van der Waals surface area contributed by atoms with Crippen molar-refractivity contribution >= 4 is 21.8 Å². The van der Waals surface area contributed by atoms with Crippen LogP contribution in [0.15, 0.2) is 24.3 Å². The molecule has 1 atom stereocenters. The number of halogens is 1. The Bertz CT molecular complexity index is 438. The van der Waals surface area contributed by atoms with Crippen LogP contribution in [0.2, 0.25) is 0 Å². The number of hydrogen-bond donors (Lipinski definition) is 0. The molecule has 0 radical (unpaired) electrons. The highest BCUT2D eigenvalue weighted by molar-refractivity contribution is 9.08. The van der Waals surface area contributed by atoms with Gasteiger partial charge in [-0.15, -0.1) is 0 Å². The van der Waals surface area contributed by atoms with Crippen LogP contribution in [0.4, 0.5) is 0 Å². The van der Waals surface area contributed by atoms with E-state index in [2.05, 4.69) is 34.7 Å². The highest BCUT2D eigenvalue weighted by atomic mass is 79.9. The van der Waals surface area contributed by atoms with Gasteiger partial charge in [0.25, 0.3) is 5.91 Å². The van der Waals surface area contributed by atoms with Gasteiger partial charge in [-0.3, -0.25) is 9.69 Å². The van der Waals surface area contributed by atoms with Gasteiger partial charge >= 0.3 is 0 Å². The average Bonchev–Trinajstić information content (AvgIpc) is 2.53. The molecule has 2 rings (SSSR count). The lowest BCUT2D eigenvalue weighted by atomic mass is 10.1. The first kappa shape index (κ1) is 15.5. The van der Waals surface area contributed by atoms with Crippen LogP contribution in [-0.4, -0.2) is 47.9 Å². The predicted molar refractivity (Wildman–Crippen MR) is 86.3 cm³/mol. The van der Waals surface area contributed by atoms with Crippen LogP contribution in [-0.2, 0) is 5.33 Å². The molecule has 1 aliphatic rings. The topological polar surface area (TPSA) is 23.6 Å². The monoisotopic (exact) mass is 338 g/mol. The first-order valence-electron chi connectivity index (χ1n) is 7.34. The van der Waals surface area contributed by atoms with Gasteiger partial charge in [-0.05, 0) is 31.0 Å². The molecule has 0 aliphatic carbocycles. The summed E-state index contributed by atoms with van der Waals surface area (Å²) in [4.78, 5) is 16.9. The van der Waals surface area contributed by atoms with Gasteiger partial charge in [-0.2, -0.15) is 0 Å². The first-order valence-corrected chi connectivity index (χ1v) is 8.46. The van der Waals surface area contributed by atoms with E-state index in [4.69, 9.17) is 0 Å². The SMILES string of the molecule is CCC(C)N1CCN(C(=O)c2ccc(CBr)cc2)CC1. The zero-order valence-corrected chi connectivity index (χ0v) is 13.9. The summed E-state index contributed by atoms with van der Waals surface area (Å²) >= 11 is 3.42. The lowest BCUT2D eigenvalue weighted by Crippen LogP contribution is -2.51. The zero-order chi connectivity index (χ0) is 14.5. The van der Waals surface area contributed by atoms with Crippen LogP contribution in [0.5, 0.6) is 0 Å². The van der Waals surface area contributed by atoms with Gasteiger partial charge in [-0.1, -0.05) is 35.0 Å². The molecule has 0 N–H and O–H groups in total. The molecule has 1 fully saturated rings. The minimum atomic E-state index is 0.162. The lowest BCUT2D eigenvalue weighted by molar-refractivity contribution is 0.0579. The molecule has 1 unspecified atom stereocenters. The summed E-state index contributed by atoms with van der Waals surface area (Å²) in [6.45, 7) is 8.12. The van der Waals surface area contributed by atoms with E-state index in [1.54, 1.807) is 0 Å². The van der Waals surface area contributed by atoms with E-state index >= 15 is 0 Å². The number of hydrogen-bond acceptors (Lipinski definition) is 2. The van der Waals surface area contributed by atoms with Gasteiger partial charge in [0, 0.05) is 43.1 Å². The van der Waals surface area contributed by atoms with E-state index in [-0.39, 0.29) is 5.91 Å². The Morgan fingerprint density at radius 1 is 1.20 bits per heavy atom. The molecule has 1 aromatic rings. The van der Waals surface area contributed by atoms with E-state index < -0.39 is 0 Å². The molecule has 0 saturated carbocycles. The summed E-state index contributed by atoms with van der Waals surface area (Å²) in [6.07, 6.45) is 1.17. The van der Waals surface area contributed by atoms with Gasteiger partial charge < -0.3 is 4.90 Å². The van der Waals surface area contributed by atoms with Gasteiger partial charge in [0.1, 0.15) is 0 Å². The van der Waals surface area contributed by atoms with E-state index in [1.165, 1.54) is 12.0 Å². The molecule has 1 aromatic carbocycles. The minimum absolute atomic E-state index is 0.162. The third-order valence-electron chi connectivity index (χ3n) is 4.17. The Labute approximate surface area is 130 Å². The molecular formula is C16H23BrN2O. The van der Waals surface area contributed by atoms with Crippen molar-refractivity contribution in [3.8, 4) is 0 Å². The van der Waals surface area contributed by atoms with E-state index in [9.17, 15) is 4.79 Å². The average molecular weight is 339 g/mol. The molecule has 3 nitrogen and oxygen atoms in total. The van der Waals surface area contributed by atoms with Crippen LogP contribution >= 0.6 is 15.9 Å². The van der Waals surface area contributed by atoms with Crippen molar-refractivity contribution in [1.29, 1.82) is 0 Å². The minimum Gasteiger partial charge on any atom is -0.336 e. The van der Waals surface area contributed by atoms with Crippen LogP contribution in [0.1, 0.15) is 36.2 Å². The van der Waals surface area contributed by atoms with Crippen molar-refractivity contribution in [1.82, 2.24) is 9.80 Å². The lowest BCUT2D eigenvalue weighted by Gasteiger charge is -2.37. The van der Waals surface area contributed by atoms with Gasteiger partial charge in [-0.25, -0.2) is 0 Å². The quantitative estimate of drug-likeness (QED) is 0.787. The van der Waals surface area contributed by atoms with Crippen molar-refractivity contribution in [2.24, 2.45) is 0 Å². The molecule has 1 amide bonds. The Balaban J connectivity index is 1.94. The summed E-state index contributed by atoms with van der Waals surface area (Å²) in [5.41, 5.74) is 2.00. The van der Waals surface area contributed by atoms with E-state index in [1.807, 2.05) is 29.2 Å². The fraction of sp³-hybridized carbons (Fsp3) is 0.562. The maximum absolute atomic E-state index is 12.4. The fourth-order valence-electron chi connectivity index (χ4n) is 2.54. The molecular weight excluding hydrogens is 316 g/mol. The molecule has 110 valence electrons. The normalized spacial score (nSPS) is 18.1. The molecule has 4 heteroatoms. The second kappa shape index (κ2) is 7.23. The van der Waals surface area contributed by atoms with Crippen molar-refractivity contribution in [2.75, 3.05) is 26.2 Å². The predicted octanol–water partition coefficient (Wildman–Crippen LogP) is 3.14. The number of amides is 1. The number of carbonyl (C=O) groups excluding carboxylic acids is 1. The summed E-state index contributed by atoms with van der Waals surface area (Å²) in [7, 11) is 0. The first-order chi connectivity index (χ1) is 9.65. The number of piperazine rings is 1. The fourth-order valence-corrected chi connectivity index (χ4v) is 2.92. The Morgan fingerprint density at radius 2 is 1.80 bits per heavy atom. The molecule has 20 heavy (non-hydrogen) atoms. The second-order valence-electron chi connectivity index (χ2n) is 5.42. The van der Waals surface area contributed by atoms with Crippen molar-refractivity contribution in [3.63, 3.8) is 0 Å². The molecule has 0 bridgehead atoms. The van der Waals surface area contributed by atoms with Crippen molar-refractivity contribution in [2.45, 2.75) is 31.6 Å². The molecule has 1 saturated heterocycles. The number of benzene rings is 1. The van der Waals surface area contributed by atoms with E-state index in [0.29, 0.717) is 6.04 Å². The molecule has 0 aromatic heterocycles. The highest BCUT2D eigenvalue weighted by Gasteiger charge is 2.23. The van der Waals surface area contributed by atoms with Crippen LogP contribution in [0.25, 0.3) is 0 Å². The van der Waals surface area contributed by atoms with Crippen molar-refractivity contribution in [3.05, 3.63) is 35.4 Å². The number of rotatable bonds is 4. The summed E-state index contributed by atoms with van der Waals surface area (Å²) in [5.74, 6) is 0.162. The Kier molecular flexibility index (Phi) is 5.61. The maximum atomic E-state index is 12.4. The Morgan fingerprint density at radius 3 is 2.30 bits per heavy atom. The standard InChI is InChI=1S/C16H23BrN2O/c1-3-13(2)18-8-10-19(11-9-18)16(20)15-6-4-14(12-17)5-7-15/h4-7,13H,3,8-12H2,1-2H3. The summed E-state index contributed by atoms with van der Waals surface area (Å²) in [6, 6.07) is 8.50. The van der Waals surface area contributed by atoms with Gasteiger partial charge in [0.2, 0.25) is 0 Å². The van der Waals surface area contributed by atoms with E-state index in [0.717, 1.165) is 37.1 Å². The number of nitrogens with zero attached hydrogens (tertiary/aromatic N) is 2. The smallest absolute Gasteiger partial charge is 0.253 e. The van der Waals surface area contributed by atoms with Crippen LogP contribution in [0, 0.1) is 0 Å². The summed E-state index contributed by atoms with van der Waals surface area (Å²) in [5, 5.41) is 0.828. The largest absolute Gasteiger partial charge is 0.336 e. The van der Waals surface area contributed by atoms with Gasteiger partial charge in [0.15, 0.2) is 0 Å². The van der Waals surface area contributed by atoms with Crippen LogP contribution < -0.4 is 0 Å². The summed E-state index contributed by atoms with van der Waals surface area (Å²) < 4.78 is 0. The van der Waals surface area contributed by atoms with Gasteiger partial charge in [0.05, 0.1) is 0 Å². The molecule has 1 aliphatic heterocycles. The highest BCUT2D eigenvalue weighted by Crippen LogP contribution is 2.13. The number of carbonyl (C=O) groups is 1.